The maximum atomic E-state index is 11.0. The number of carbonyl (C=O) groups excluding carboxylic acids is 2. The molecule has 0 fully saturated rings. The fraction of sp³-hybridized carbons (Fsp3) is 0.0714. The van der Waals surface area contributed by atoms with Crippen LogP contribution in [0.4, 0.5) is 11.4 Å². The van der Waals surface area contributed by atoms with Gasteiger partial charge in [0.25, 0.3) is 0 Å². The summed E-state index contributed by atoms with van der Waals surface area (Å²) in [4.78, 5) is 30.9. The Morgan fingerprint density at radius 2 is 0.972 bits per heavy atom. The first kappa shape index (κ1) is 25.6. The van der Waals surface area contributed by atoms with Crippen LogP contribution in [0.25, 0.3) is 0 Å². The molecular weight excluding hydrogens is 460 g/mol. The van der Waals surface area contributed by atoms with Crippen LogP contribution in [-0.4, -0.2) is 38.0 Å². The zero-order valence-electron chi connectivity index (χ0n) is 19.4. The topological polar surface area (TPSA) is 95.8 Å². The molecule has 0 radical (unpaired) electrons. The molecule has 0 N–H and O–H groups in total. The lowest BCUT2D eigenvalue weighted by Crippen LogP contribution is -2.07. The maximum absolute atomic E-state index is 11.0. The van der Waals surface area contributed by atoms with Gasteiger partial charge in [0.1, 0.15) is 11.5 Å². The van der Waals surface area contributed by atoms with Crippen LogP contribution in [-0.2, 0) is 19.1 Å². The van der Waals surface area contributed by atoms with Gasteiger partial charge in [-0.3, -0.25) is 9.98 Å². The second-order valence-corrected chi connectivity index (χ2v) is 7.03. The van der Waals surface area contributed by atoms with Gasteiger partial charge in [0.15, 0.2) is 0 Å². The molecule has 0 bridgehead atoms. The van der Waals surface area contributed by atoms with Crippen LogP contribution in [0.2, 0.25) is 0 Å². The summed E-state index contributed by atoms with van der Waals surface area (Å²) in [5.41, 5.74) is 3.34. The average molecular weight is 485 g/mol. The molecule has 0 aliphatic carbocycles. The summed E-state index contributed by atoms with van der Waals surface area (Å²) in [6, 6.07) is 21.9. The van der Waals surface area contributed by atoms with Crippen molar-refractivity contribution in [3.8, 4) is 11.5 Å². The van der Waals surface area contributed by atoms with Gasteiger partial charge in [-0.1, -0.05) is 13.2 Å². The highest BCUT2D eigenvalue weighted by atomic mass is 16.7. The van der Waals surface area contributed by atoms with Crippen LogP contribution in [0.1, 0.15) is 11.1 Å². The molecule has 0 aromatic heterocycles. The number of nitrogens with zero attached hydrogens (tertiary/aromatic N) is 2. The lowest BCUT2D eigenvalue weighted by atomic mass is 10.2. The van der Waals surface area contributed by atoms with Crippen molar-refractivity contribution in [1.29, 1.82) is 0 Å². The Morgan fingerprint density at radius 3 is 1.31 bits per heavy atom. The van der Waals surface area contributed by atoms with Crippen molar-refractivity contribution < 1.29 is 28.5 Å². The van der Waals surface area contributed by atoms with Crippen LogP contribution < -0.4 is 9.47 Å². The van der Waals surface area contributed by atoms with Crippen LogP contribution in [0, 0.1) is 0 Å². The average Bonchev–Trinajstić information content (AvgIpc) is 2.92. The van der Waals surface area contributed by atoms with Gasteiger partial charge in [-0.05, 0) is 83.9 Å². The van der Waals surface area contributed by atoms with Gasteiger partial charge in [-0.25, -0.2) is 9.59 Å². The van der Waals surface area contributed by atoms with Crippen molar-refractivity contribution in [3.05, 3.63) is 109 Å². The Hall–Kier alpha value is -4.98. The highest BCUT2D eigenvalue weighted by molar-refractivity contribution is 5.83. The van der Waals surface area contributed by atoms with Gasteiger partial charge < -0.3 is 18.9 Å². The van der Waals surface area contributed by atoms with E-state index in [9.17, 15) is 9.59 Å². The molecule has 3 aromatic carbocycles. The lowest BCUT2D eigenvalue weighted by Gasteiger charge is -2.06. The number of rotatable bonds is 12. The van der Waals surface area contributed by atoms with E-state index in [2.05, 4.69) is 23.1 Å². The Bertz CT molecular complexity index is 1130. The summed E-state index contributed by atoms with van der Waals surface area (Å²) >= 11 is 0. The Kier molecular flexibility index (Phi) is 9.73. The van der Waals surface area contributed by atoms with Gasteiger partial charge in [0.05, 0.1) is 11.4 Å². The zero-order chi connectivity index (χ0) is 25.6. The molecule has 0 atom stereocenters. The fourth-order valence-electron chi connectivity index (χ4n) is 2.65. The van der Waals surface area contributed by atoms with Gasteiger partial charge in [0.2, 0.25) is 13.6 Å². The molecule has 0 amide bonds. The highest BCUT2D eigenvalue weighted by Gasteiger charge is 1.99. The summed E-state index contributed by atoms with van der Waals surface area (Å²) < 4.78 is 20.2. The number of esters is 2. The van der Waals surface area contributed by atoms with E-state index in [0.717, 1.165) is 34.7 Å². The minimum absolute atomic E-state index is 0.179. The second kappa shape index (κ2) is 13.7. The van der Waals surface area contributed by atoms with Gasteiger partial charge in [0, 0.05) is 24.6 Å². The molecule has 36 heavy (non-hydrogen) atoms. The molecule has 0 saturated heterocycles. The quantitative estimate of drug-likeness (QED) is 0.149. The smallest absolute Gasteiger partial charge is 0.333 e. The molecule has 0 unspecified atom stereocenters. The fourth-order valence-corrected chi connectivity index (χ4v) is 2.65. The molecule has 182 valence electrons. The predicted molar refractivity (Wildman–Crippen MR) is 137 cm³/mol. The Morgan fingerprint density at radius 1 is 0.611 bits per heavy atom. The van der Waals surface area contributed by atoms with E-state index in [1.165, 1.54) is 0 Å². The van der Waals surface area contributed by atoms with E-state index < -0.39 is 11.9 Å². The van der Waals surface area contributed by atoms with Gasteiger partial charge >= 0.3 is 11.9 Å². The van der Waals surface area contributed by atoms with Gasteiger partial charge in [-0.2, -0.15) is 0 Å². The lowest BCUT2D eigenvalue weighted by molar-refractivity contribution is -0.145. The summed E-state index contributed by atoms with van der Waals surface area (Å²) in [7, 11) is 0. The number of hydrogen-bond donors (Lipinski definition) is 0. The largest absolute Gasteiger partial charge is 0.457 e. The number of benzene rings is 3. The van der Waals surface area contributed by atoms with Crippen LogP contribution in [0.15, 0.2) is 108 Å². The van der Waals surface area contributed by atoms with E-state index in [4.69, 9.17) is 18.9 Å². The van der Waals surface area contributed by atoms with E-state index in [1.807, 2.05) is 48.5 Å². The number of hydrogen-bond acceptors (Lipinski definition) is 8. The normalized spacial score (nSPS) is 10.7. The first-order valence-electron chi connectivity index (χ1n) is 10.8. The first-order chi connectivity index (χ1) is 17.6. The van der Waals surface area contributed by atoms with Crippen molar-refractivity contribution in [1.82, 2.24) is 0 Å². The van der Waals surface area contributed by atoms with Crippen LogP contribution in [0.5, 0.6) is 11.5 Å². The van der Waals surface area contributed by atoms with Crippen molar-refractivity contribution in [2.75, 3.05) is 13.6 Å². The molecule has 0 aliphatic rings. The predicted octanol–water partition coefficient (Wildman–Crippen LogP) is 5.32. The molecule has 8 nitrogen and oxygen atoms in total. The van der Waals surface area contributed by atoms with Crippen molar-refractivity contribution in [3.63, 3.8) is 0 Å². The van der Waals surface area contributed by atoms with E-state index in [0.29, 0.717) is 11.5 Å². The number of carbonyl (C=O) groups is 2. The summed E-state index contributed by atoms with van der Waals surface area (Å²) in [5.74, 6) is 0.0631. The van der Waals surface area contributed by atoms with E-state index in [-0.39, 0.29) is 13.6 Å². The second-order valence-electron chi connectivity index (χ2n) is 7.03. The molecule has 3 aromatic rings. The molecule has 0 heterocycles. The molecule has 0 spiro atoms. The third-order valence-corrected chi connectivity index (χ3v) is 4.52. The summed E-state index contributed by atoms with van der Waals surface area (Å²) in [6.45, 7) is 6.28. The number of aliphatic imine (C=N–C) groups is 2. The zero-order valence-corrected chi connectivity index (χ0v) is 19.4. The SMILES string of the molecule is C=CC(=O)OCOc1ccc(/C=N/c2ccc(/N=C/c3ccc(OCOC(=O)C=C)cc3)cc2)cc1. The Labute approximate surface area is 208 Å². The van der Waals surface area contributed by atoms with Crippen LogP contribution in [0.3, 0.4) is 0 Å². The van der Waals surface area contributed by atoms with E-state index in [1.54, 1.807) is 36.7 Å². The molecule has 3 rings (SSSR count). The van der Waals surface area contributed by atoms with Crippen molar-refractivity contribution in [2.24, 2.45) is 9.98 Å². The molecule has 8 heteroatoms. The first-order valence-corrected chi connectivity index (χ1v) is 10.8. The molecular formula is C28H24N2O6. The summed E-state index contributed by atoms with van der Waals surface area (Å²) in [6.07, 6.45) is 5.63. The van der Waals surface area contributed by atoms with Crippen molar-refractivity contribution in [2.45, 2.75) is 0 Å². The highest BCUT2D eigenvalue weighted by Crippen LogP contribution is 2.19. The van der Waals surface area contributed by atoms with Crippen LogP contribution >= 0.6 is 0 Å². The molecule has 0 aliphatic heterocycles. The Balaban J connectivity index is 1.48. The minimum atomic E-state index is -0.540. The number of ether oxygens (including phenoxy) is 4. The molecule has 0 saturated carbocycles. The standard InChI is InChI=1S/C28H24N2O6/c1-3-27(31)35-19-33-25-13-5-21(6-14-25)17-29-23-9-11-24(12-10-23)30-18-22-7-15-26(16-8-22)34-20-36-28(32)4-2/h3-18H,1-2,19-20H2/b29-17+,30-18+. The van der Waals surface area contributed by atoms with Crippen molar-refractivity contribution >= 4 is 35.7 Å². The van der Waals surface area contributed by atoms with E-state index >= 15 is 0 Å². The van der Waals surface area contributed by atoms with Gasteiger partial charge in [-0.15, -0.1) is 0 Å². The monoisotopic (exact) mass is 484 g/mol. The third-order valence-electron chi connectivity index (χ3n) is 4.52. The maximum Gasteiger partial charge on any atom is 0.333 e. The third kappa shape index (κ3) is 8.75. The minimum Gasteiger partial charge on any atom is -0.457 e. The summed E-state index contributed by atoms with van der Waals surface area (Å²) in [5, 5.41) is 0.